The number of carboxylic acids is 1. The maximum Gasteiger partial charge on any atom is 0.335 e. The van der Waals surface area contributed by atoms with Gasteiger partial charge in [-0.05, 0) is 37.3 Å². The smallest absolute Gasteiger partial charge is 0.335 e. The summed E-state index contributed by atoms with van der Waals surface area (Å²) in [4.78, 5) is 22.2. The van der Waals surface area contributed by atoms with Crippen LogP contribution in [-0.4, -0.2) is 59.3 Å². The minimum atomic E-state index is -1.43. The van der Waals surface area contributed by atoms with Crippen molar-refractivity contribution < 1.29 is 29.1 Å². The Balaban J connectivity index is 1.81. The molecule has 1 aromatic rings. The van der Waals surface area contributed by atoms with E-state index >= 15 is 0 Å². The first kappa shape index (κ1) is 23.5. The number of carbonyl (C=O) groups excluding carboxylic acids is 1. The lowest BCUT2D eigenvalue weighted by atomic mass is 9.98. The monoisotopic (exact) mass is 426 g/mol. The van der Waals surface area contributed by atoms with Gasteiger partial charge in [0, 0.05) is 26.1 Å². The van der Waals surface area contributed by atoms with E-state index in [0.29, 0.717) is 39.0 Å². The number of hydrogen-bond donors (Lipinski definition) is 4. The van der Waals surface area contributed by atoms with Crippen molar-refractivity contribution in [1.82, 2.24) is 10.6 Å². The number of morpholine rings is 1. The molecule has 1 fully saturated rings. The van der Waals surface area contributed by atoms with Crippen molar-refractivity contribution in [2.24, 2.45) is 0 Å². The van der Waals surface area contributed by atoms with Gasteiger partial charge in [-0.15, -0.1) is 0 Å². The van der Waals surface area contributed by atoms with Gasteiger partial charge in [-0.2, -0.15) is 0 Å². The molecule has 8 nitrogen and oxygen atoms in total. The Hall–Kier alpha value is -1.73. The molecule has 0 spiro atoms. The zero-order valence-electron chi connectivity index (χ0n) is 16.7. The van der Waals surface area contributed by atoms with Crippen LogP contribution in [0.4, 0.5) is 0 Å². The zero-order valence-corrected chi connectivity index (χ0v) is 17.9. The summed E-state index contributed by atoms with van der Waals surface area (Å²) in [6.07, 6.45) is 2.64. The Kier molecular flexibility index (Phi) is 9.30. The normalized spacial score (nSPS) is 21.7. The summed E-state index contributed by atoms with van der Waals surface area (Å²) >= 11 is 0. The van der Waals surface area contributed by atoms with E-state index in [1.807, 2.05) is 0 Å². The predicted molar refractivity (Wildman–Crippen MR) is 111 cm³/mol. The molecule has 4 atom stereocenters. The largest absolute Gasteiger partial charge is 0.478 e. The molecule has 0 radical (unpaired) electrons. The summed E-state index contributed by atoms with van der Waals surface area (Å²) < 4.78 is 17.6. The molecule has 1 aromatic carbocycles. The van der Waals surface area contributed by atoms with Gasteiger partial charge in [-0.25, -0.2) is 4.79 Å². The summed E-state index contributed by atoms with van der Waals surface area (Å²) in [6.45, 7) is 2.74. The lowest BCUT2D eigenvalue weighted by Gasteiger charge is -2.38. The molecular formula is C20H31N2O6P. The van der Waals surface area contributed by atoms with Crippen molar-refractivity contribution in [3.05, 3.63) is 35.4 Å². The van der Waals surface area contributed by atoms with Crippen LogP contribution in [0.15, 0.2) is 24.3 Å². The van der Waals surface area contributed by atoms with Crippen LogP contribution < -0.4 is 10.6 Å². The zero-order chi connectivity index (χ0) is 21.3. The molecule has 2 rings (SSSR count). The first-order chi connectivity index (χ1) is 13.9. The van der Waals surface area contributed by atoms with Gasteiger partial charge in [0.05, 0.1) is 20.6 Å². The van der Waals surface area contributed by atoms with Gasteiger partial charge >= 0.3 is 5.97 Å². The Bertz CT molecular complexity index is 708. The van der Waals surface area contributed by atoms with E-state index in [1.165, 1.54) is 6.92 Å². The molecule has 162 valence electrons. The molecule has 1 amide bonds. The molecule has 0 aromatic heterocycles. The number of unbranched alkanes of at least 4 members (excludes halogenated alkanes) is 2. The Morgan fingerprint density at radius 1 is 1.31 bits per heavy atom. The first-order valence-corrected chi connectivity index (χ1v) is 11.0. The predicted octanol–water partition coefficient (Wildman–Crippen LogP) is 1.43. The van der Waals surface area contributed by atoms with Gasteiger partial charge in [-0.1, -0.05) is 24.6 Å². The van der Waals surface area contributed by atoms with E-state index in [4.69, 9.17) is 4.74 Å². The van der Waals surface area contributed by atoms with Gasteiger partial charge in [0.25, 0.3) is 0 Å². The summed E-state index contributed by atoms with van der Waals surface area (Å²) in [5.74, 6) is -1.02. The molecule has 1 aliphatic heterocycles. The van der Waals surface area contributed by atoms with Crippen molar-refractivity contribution in [3.63, 3.8) is 0 Å². The average Bonchev–Trinajstić information content (AvgIpc) is 2.71. The van der Waals surface area contributed by atoms with Crippen LogP contribution in [0.1, 0.15) is 48.5 Å². The summed E-state index contributed by atoms with van der Waals surface area (Å²) in [7, 11) is -1.43. The molecule has 0 bridgehead atoms. The van der Waals surface area contributed by atoms with Crippen LogP contribution in [0.3, 0.4) is 0 Å². The van der Waals surface area contributed by atoms with Gasteiger partial charge in [0.1, 0.15) is 11.4 Å². The number of amides is 1. The molecule has 2 unspecified atom stereocenters. The number of hydrogen-bond acceptors (Lipinski definition) is 6. The summed E-state index contributed by atoms with van der Waals surface area (Å²) in [5, 5.41) is 24.8. The van der Waals surface area contributed by atoms with Gasteiger partial charge in [0.2, 0.25) is 5.91 Å². The van der Waals surface area contributed by atoms with E-state index in [2.05, 4.69) is 10.6 Å². The molecule has 0 saturated carbocycles. The van der Waals surface area contributed by atoms with Gasteiger partial charge < -0.3 is 30.1 Å². The average molecular weight is 426 g/mol. The number of nitrogens with one attached hydrogen (secondary N) is 2. The van der Waals surface area contributed by atoms with Crippen LogP contribution in [0.25, 0.3) is 0 Å². The first-order valence-electron chi connectivity index (χ1n) is 9.95. The number of benzene rings is 1. The highest BCUT2D eigenvalue weighted by atomic mass is 31.1. The van der Waals surface area contributed by atoms with Crippen molar-refractivity contribution >= 4 is 20.3 Å². The number of aromatic carboxylic acids is 1. The fraction of sp³-hybridized carbons (Fsp3) is 0.600. The van der Waals surface area contributed by atoms with Crippen molar-refractivity contribution in [2.45, 2.75) is 56.5 Å². The number of ether oxygens (including phenoxy) is 1. The van der Waals surface area contributed by atoms with E-state index in [1.54, 1.807) is 24.3 Å². The lowest BCUT2D eigenvalue weighted by molar-refractivity contribution is -0.118. The van der Waals surface area contributed by atoms with Crippen LogP contribution >= 0.6 is 8.46 Å². The van der Waals surface area contributed by atoms with E-state index in [-0.39, 0.29) is 17.5 Å². The quantitative estimate of drug-likeness (QED) is 0.312. The van der Waals surface area contributed by atoms with Crippen LogP contribution in [0, 0.1) is 0 Å². The third kappa shape index (κ3) is 7.23. The van der Waals surface area contributed by atoms with Crippen molar-refractivity contribution in [2.75, 3.05) is 19.7 Å². The molecule has 1 heterocycles. The van der Waals surface area contributed by atoms with Gasteiger partial charge in [0.15, 0.2) is 0 Å². The lowest BCUT2D eigenvalue weighted by Crippen LogP contribution is -2.55. The molecule has 0 aliphatic carbocycles. The van der Waals surface area contributed by atoms with Crippen LogP contribution in [0.2, 0.25) is 0 Å². The summed E-state index contributed by atoms with van der Waals surface area (Å²) in [5.41, 5.74) is 1.000. The molecule has 9 heteroatoms. The number of aliphatic hydroxyl groups is 1. The second-order valence-electron chi connectivity index (χ2n) is 7.50. The highest BCUT2D eigenvalue weighted by Crippen LogP contribution is 2.33. The molecular weight excluding hydrogens is 395 g/mol. The Morgan fingerprint density at radius 2 is 2.07 bits per heavy atom. The van der Waals surface area contributed by atoms with E-state index in [9.17, 15) is 24.4 Å². The van der Waals surface area contributed by atoms with E-state index < -0.39 is 25.9 Å². The third-order valence-corrected chi connectivity index (χ3v) is 6.26. The maximum absolute atomic E-state index is 11.8. The van der Waals surface area contributed by atoms with E-state index in [0.717, 1.165) is 18.4 Å². The highest BCUT2D eigenvalue weighted by molar-refractivity contribution is 7.25. The fourth-order valence-electron chi connectivity index (χ4n) is 3.52. The second-order valence-corrected chi connectivity index (χ2v) is 8.73. The topological polar surface area (TPSA) is 125 Å². The Morgan fingerprint density at radius 3 is 2.69 bits per heavy atom. The third-order valence-electron chi connectivity index (χ3n) is 5.19. The minimum Gasteiger partial charge on any atom is -0.478 e. The fourth-order valence-corrected chi connectivity index (χ4v) is 4.21. The van der Waals surface area contributed by atoms with Gasteiger partial charge in [-0.3, -0.25) is 4.79 Å². The molecule has 29 heavy (non-hydrogen) atoms. The Labute approximate surface area is 172 Å². The highest BCUT2D eigenvalue weighted by Gasteiger charge is 2.39. The molecule has 1 aliphatic rings. The number of rotatable bonds is 11. The second kappa shape index (κ2) is 11.5. The number of carbonyl (C=O) groups is 2. The molecule has 4 N–H and O–H groups in total. The maximum atomic E-state index is 11.8. The SMILES string of the molecule is CC(=O)NCCCCCC(O)([PH2]=O)[C@H]1CN[C@H](Cc2ccccc2C(=O)O)CO1. The summed E-state index contributed by atoms with van der Waals surface area (Å²) in [6, 6.07) is 6.79. The van der Waals surface area contributed by atoms with Crippen LogP contribution in [0.5, 0.6) is 0 Å². The van der Waals surface area contributed by atoms with Crippen molar-refractivity contribution in [3.8, 4) is 0 Å². The standard InChI is InChI=1S/C20H31N2O6P/c1-14(23)21-10-6-2-5-9-20(26,29-27)18-12-22-16(13-28-18)11-15-7-3-4-8-17(15)19(24)25/h3-4,7-8,16,18,22,26H,2,5-6,9-13,29H2,1H3,(H,21,23)(H,24,25)/t16-,18-,20?/m1/s1. The van der Waals surface area contributed by atoms with Crippen molar-refractivity contribution in [1.29, 1.82) is 0 Å². The van der Waals surface area contributed by atoms with Crippen LogP contribution in [-0.2, 0) is 20.5 Å². The number of carboxylic acid groups (broad SMARTS) is 1. The minimum absolute atomic E-state index is 0.0623. The molecule has 1 saturated heterocycles.